The lowest BCUT2D eigenvalue weighted by Crippen LogP contribution is -2.28. The number of carbonyl (C=O) groups is 3. The second-order valence-electron chi connectivity index (χ2n) is 5.74. The summed E-state index contributed by atoms with van der Waals surface area (Å²) in [6, 6.07) is 13.8. The molecule has 0 bridgehead atoms. The zero-order valence-electron chi connectivity index (χ0n) is 13.4. The van der Waals surface area contributed by atoms with E-state index in [2.05, 4.69) is 0 Å². The van der Waals surface area contributed by atoms with E-state index in [9.17, 15) is 14.4 Å². The van der Waals surface area contributed by atoms with E-state index in [0.717, 1.165) is 11.1 Å². The Bertz CT molecular complexity index is 800. The van der Waals surface area contributed by atoms with Gasteiger partial charge in [-0.2, -0.15) is 0 Å². The first-order valence-corrected chi connectivity index (χ1v) is 8.25. The van der Waals surface area contributed by atoms with Gasteiger partial charge < -0.3 is 4.74 Å². The Balaban J connectivity index is 1.60. The Labute approximate surface area is 150 Å². The van der Waals surface area contributed by atoms with E-state index in [1.807, 2.05) is 12.1 Å². The number of rotatable bonds is 5. The molecule has 128 valence electrons. The molecule has 0 spiro atoms. The highest BCUT2D eigenvalue weighted by molar-refractivity contribution is 6.31. The normalized spacial score (nSPS) is 14.0. The van der Waals surface area contributed by atoms with Gasteiger partial charge in [-0.15, -0.1) is 0 Å². The number of hydrogen-bond donors (Lipinski definition) is 0. The zero-order chi connectivity index (χ0) is 17.8. The van der Waals surface area contributed by atoms with E-state index in [1.165, 1.54) is 4.90 Å². The van der Waals surface area contributed by atoms with Gasteiger partial charge in [0.25, 0.3) is 0 Å². The van der Waals surface area contributed by atoms with Crippen molar-refractivity contribution >= 4 is 29.4 Å². The second-order valence-corrected chi connectivity index (χ2v) is 6.15. The number of carbonyl (C=O) groups excluding carboxylic acids is 3. The highest BCUT2D eigenvalue weighted by atomic mass is 35.5. The van der Waals surface area contributed by atoms with Gasteiger partial charge in [0.1, 0.15) is 6.61 Å². The van der Waals surface area contributed by atoms with Crippen molar-refractivity contribution in [1.82, 2.24) is 4.90 Å². The fraction of sp³-hybridized carbons (Fsp3) is 0.211. The molecule has 2 aromatic carbocycles. The van der Waals surface area contributed by atoms with Gasteiger partial charge in [0, 0.05) is 23.4 Å². The SMILES string of the molecule is O=C(OCc1ccccc1Cl)c1ccc(CN2C(=O)CCC2=O)cc1. The minimum atomic E-state index is -0.459. The van der Waals surface area contributed by atoms with Crippen LogP contribution < -0.4 is 0 Å². The number of nitrogens with zero attached hydrogens (tertiary/aromatic N) is 1. The molecular formula is C19H16ClNO4. The van der Waals surface area contributed by atoms with Crippen LogP contribution in [0.25, 0.3) is 0 Å². The van der Waals surface area contributed by atoms with Crippen molar-refractivity contribution in [1.29, 1.82) is 0 Å². The topological polar surface area (TPSA) is 63.7 Å². The van der Waals surface area contributed by atoms with Crippen LogP contribution in [0.2, 0.25) is 5.02 Å². The predicted octanol–water partition coefficient (Wildman–Crippen LogP) is 3.35. The van der Waals surface area contributed by atoms with Crippen molar-refractivity contribution < 1.29 is 19.1 Å². The quantitative estimate of drug-likeness (QED) is 0.608. The average molecular weight is 358 g/mol. The summed E-state index contributed by atoms with van der Waals surface area (Å²) < 4.78 is 5.26. The molecule has 0 saturated carbocycles. The summed E-state index contributed by atoms with van der Waals surface area (Å²) in [6.45, 7) is 0.323. The van der Waals surface area contributed by atoms with E-state index < -0.39 is 5.97 Å². The number of halogens is 1. The smallest absolute Gasteiger partial charge is 0.338 e. The number of ether oxygens (including phenoxy) is 1. The van der Waals surface area contributed by atoms with E-state index in [0.29, 0.717) is 10.6 Å². The third kappa shape index (κ3) is 4.06. The molecule has 0 atom stereocenters. The van der Waals surface area contributed by atoms with Gasteiger partial charge in [-0.1, -0.05) is 41.9 Å². The van der Waals surface area contributed by atoms with Gasteiger partial charge in [-0.25, -0.2) is 4.79 Å². The molecule has 0 aromatic heterocycles. The molecule has 1 fully saturated rings. The Morgan fingerprint density at radius 1 is 1.00 bits per heavy atom. The molecule has 3 rings (SSSR count). The standard InChI is InChI=1S/C19H16ClNO4/c20-16-4-2-1-3-15(16)12-25-19(24)14-7-5-13(6-8-14)11-21-17(22)9-10-18(21)23/h1-8H,9-12H2. The molecule has 6 heteroatoms. The third-order valence-electron chi connectivity index (χ3n) is 4.00. The largest absolute Gasteiger partial charge is 0.457 e. The van der Waals surface area contributed by atoms with Gasteiger partial charge in [0.15, 0.2) is 0 Å². The monoisotopic (exact) mass is 357 g/mol. The Morgan fingerprint density at radius 3 is 2.28 bits per heavy atom. The molecular weight excluding hydrogens is 342 g/mol. The van der Waals surface area contributed by atoms with E-state index >= 15 is 0 Å². The Kier molecular flexibility index (Phi) is 5.14. The summed E-state index contributed by atoms with van der Waals surface area (Å²) in [5.41, 5.74) is 1.92. The second kappa shape index (κ2) is 7.49. The number of likely N-dealkylation sites (tertiary alicyclic amines) is 1. The number of amides is 2. The van der Waals surface area contributed by atoms with Crippen LogP contribution in [0.3, 0.4) is 0 Å². The molecule has 1 heterocycles. The maximum atomic E-state index is 12.1. The molecule has 0 radical (unpaired) electrons. The van der Waals surface area contributed by atoms with Crippen LogP contribution in [-0.2, 0) is 27.5 Å². The number of hydrogen-bond acceptors (Lipinski definition) is 4. The zero-order valence-corrected chi connectivity index (χ0v) is 14.2. The third-order valence-corrected chi connectivity index (χ3v) is 4.37. The van der Waals surface area contributed by atoms with E-state index in [1.54, 1.807) is 36.4 Å². The van der Waals surface area contributed by atoms with Crippen molar-refractivity contribution in [3.63, 3.8) is 0 Å². The van der Waals surface area contributed by atoms with Crippen LogP contribution in [0.4, 0.5) is 0 Å². The summed E-state index contributed by atoms with van der Waals surface area (Å²) in [7, 11) is 0. The maximum Gasteiger partial charge on any atom is 0.338 e. The lowest BCUT2D eigenvalue weighted by atomic mass is 10.1. The van der Waals surface area contributed by atoms with Crippen molar-refractivity contribution in [3.05, 3.63) is 70.2 Å². The fourth-order valence-electron chi connectivity index (χ4n) is 2.57. The molecule has 1 aliphatic rings. The van der Waals surface area contributed by atoms with Crippen LogP contribution in [0.15, 0.2) is 48.5 Å². The summed E-state index contributed by atoms with van der Waals surface area (Å²) in [6.07, 6.45) is 0.538. The fourth-order valence-corrected chi connectivity index (χ4v) is 2.76. The lowest BCUT2D eigenvalue weighted by molar-refractivity contribution is -0.139. The van der Waals surface area contributed by atoms with Gasteiger partial charge in [0.05, 0.1) is 12.1 Å². The van der Waals surface area contributed by atoms with Gasteiger partial charge >= 0.3 is 5.97 Å². The number of esters is 1. The maximum absolute atomic E-state index is 12.1. The van der Waals surface area contributed by atoms with Gasteiger partial charge in [-0.3, -0.25) is 14.5 Å². The van der Waals surface area contributed by atoms with Crippen molar-refractivity contribution in [2.75, 3.05) is 0 Å². The molecule has 5 nitrogen and oxygen atoms in total. The van der Waals surface area contributed by atoms with Gasteiger partial charge in [0.2, 0.25) is 11.8 Å². The minimum Gasteiger partial charge on any atom is -0.457 e. The van der Waals surface area contributed by atoms with Crippen molar-refractivity contribution in [2.45, 2.75) is 26.0 Å². The first-order valence-electron chi connectivity index (χ1n) is 7.87. The molecule has 2 aromatic rings. The molecule has 25 heavy (non-hydrogen) atoms. The average Bonchev–Trinajstić information content (AvgIpc) is 2.93. The first kappa shape index (κ1) is 17.2. The van der Waals surface area contributed by atoms with Crippen LogP contribution in [-0.4, -0.2) is 22.7 Å². The highest BCUT2D eigenvalue weighted by Crippen LogP contribution is 2.18. The Morgan fingerprint density at radius 2 is 1.64 bits per heavy atom. The number of benzene rings is 2. The van der Waals surface area contributed by atoms with Crippen molar-refractivity contribution in [2.24, 2.45) is 0 Å². The van der Waals surface area contributed by atoms with Crippen LogP contribution in [0.1, 0.15) is 34.3 Å². The van der Waals surface area contributed by atoms with Crippen molar-refractivity contribution in [3.8, 4) is 0 Å². The van der Waals surface area contributed by atoms with Gasteiger partial charge in [-0.05, 0) is 23.8 Å². The molecule has 1 saturated heterocycles. The number of imide groups is 1. The molecule has 0 N–H and O–H groups in total. The molecule has 0 unspecified atom stereocenters. The minimum absolute atomic E-state index is 0.0943. The molecule has 2 amide bonds. The predicted molar refractivity (Wildman–Crippen MR) is 91.8 cm³/mol. The lowest BCUT2D eigenvalue weighted by Gasteiger charge is -2.14. The highest BCUT2D eigenvalue weighted by Gasteiger charge is 2.28. The van der Waals surface area contributed by atoms with Crippen LogP contribution in [0.5, 0.6) is 0 Å². The summed E-state index contributed by atoms with van der Waals surface area (Å²) in [5.74, 6) is -0.777. The first-order chi connectivity index (χ1) is 12.0. The van der Waals surface area contributed by atoms with Crippen LogP contribution >= 0.6 is 11.6 Å². The Hall–Kier alpha value is -2.66. The molecule has 0 aliphatic carbocycles. The summed E-state index contributed by atoms with van der Waals surface area (Å²) >= 11 is 6.03. The summed E-state index contributed by atoms with van der Waals surface area (Å²) in [5, 5.41) is 0.547. The van der Waals surface area contributed by atoms with E-state index in [-0.39, 0.29) is 37.8 Å². The summed E-state index contributed by atoms with van der Waals surface area (Å²) in [4.78, 5) is 36.6. The molecule has 1 aliphatic heterocycles. The van der Waals surface area contributed by atoms with Crippen LogP contribution in [0, 0.1) is 0 Å². The van der Waals surface area contributed by atoms with E-state index in [4.69, 9.17) is 16.3 Å².